The van der Waals surface area contributed by atoms with E-state index in [2.05, 4.69) is 20.3 Å². The Bertz CT molecular complexity index is 276. The lowest BCUT2D eigenvalue weighted by Crippen LogP contribution is -2.03. The zero-order chi connectivity index (χ0) is 9.14. The van der Waals surface area contributed by atoms with Crippen molar-refractivity contribution in [3.05, 3.63) is 11.1 Å². The average Bonchev–Trinajstić information content (AvgIpc) is 2.03. The maximum absolute atomic E-state index is 5.76. The zero-order valence-corrected chi connectivity index (χ0v) is 8.19. The molecule has 0 radical (unpaired) electrons. The minimum absolute atomic E-state index is 0.150. The fourth-order valence-corrected chi connectivity index (χ4v) is 0.919. The van der Waals surface area contributed by atoms with Gasteiger partial charge in [-0.2, -0.15) is 9.97 Å². The van der Waals surface area contributed by atoms with Crippen LogP contribution in [0.25, 0.3) is 0 Å². The number of alkyl halides is 1. The summed E-state index contributed by atoms with van der Waals surface area (Å²) in [5.41, 5.74) is 0. The van der Waals surface area contributed by atoms with Crippen LogP contribution in [0.1, 0.15) is 18.1 Å². The lowest BCUT2D eigenvalue weighted by molar-refractivity contribution is 0.878. The Morgan fingerprint density at radius 3 is 2.50 bits per heavy atom. The highest BCUT2D eigenvalue weighted by molar-refractivity contribution is 6.28. The van der Waals surface area contributed by atoms with Gasteiger partial charge in [0.2, 0.25) is 11.2 Å². The molecule has 0 aliphatic carbocycles. The van der Waals surface area contributed by atoms with Crippen LogP contribution >= 0.6 is 23.2 Å². The lowest BCUT2D eigenvalue weighted by atomic mass is 10.4. The topological polar surface area (TPSA) is 50.7 Å². The van der Waals surface area contributed by atoms with Crippen molar-refractivity contribution in [1.82, 2.24) is 15.0 Å². The quantitative estimate of drug-likeness (QED) is 0.752. The number of nitrogens with zero attached hydrogens (tertiary/aromatic N) is 3. The van der Waals surface area contributed by atoms with Crippen molar-refractivity contribution < 1.29 is 0 Å². The molecule has 0 amide bonds. The van der Waals surface area contributed by atoms with E-state index in [1.165, 1.54) is 0 Å². The smallest absolute Gasteiger partial charge is 0.227 e. The summed E-state index contributed by atoms with van der Waals surface area (Å²) < 4.78 is 0. The third-order valence-electron chi connectivity index (χ3n) is 1.20. The summed E-state index contributed by atoms with van der Waals surface area (Å²) in [4.78, 5) is 11.7. The van der Waals surface area contributed by atoms with Crippen molar-refractivity contribution in [1.29, 1.82) is 0 Å². The van der Waals surface area contributed by atoms with Crippen molar-refractivity contribution in [2.75, 3.05) is 12.4 Å². The van der Waals surface area contributed by atoms with Crippen LogP contribution in [-0.4, -0.2) is 22.0 Å². The van der Waals surface area contributed by atoms with Gasteiger partial charge in [0.25, 0.3) is 0 Å². The van der Waals surface area contributed by atoms with Crippen molar-refractivity contribution in [3.63, 3.8) is 0 Å². The molecule has 0 saturated heterocycles. The van der Waals surface area contributed by atoms with Crippen LogP contribution in [0, 0.1) is 0 Å². The van der Waals surface area contributed by atoms with Gasteiger partial charge in [-0.05, 0) is 18.5 Å². The highest BCUT2D eigenvalue weighted by Gasteiger charge is 2.08. The average molecular weight is 207 g/mol. The molecule has 0 saturated carbocycles. The van der Waals surface area contributed by atoms with E-state index in [1.807, 2.05) is 0 Å². The molecular formula is C6H8Cl2N4. The molecule has 0 aliphatic rings. The SMILES string of the molecule is CNc1nc(Cl)nc(C(C)Cl)n1. The fraction of sp³-hybridized carbons (Fsp3) is 0.500. The van der Waals surface area contributed by atoms with Crippen LogP contribution in [0.4, 0.5) is 5.95 Å². The second kappa shape index (κ2) is 3.87. The first-order valence-corrected chi connectivity index (χ1v) is 4.18. The van der Waals surface area contributed by atoms with Gasteiger partial charge in [-0.25, -0.2) is 4.98 Å². The monoisotopic (exact) mass is 206 g/mol. The standard InChI is InChI=1S/C6H8Cl2N4/c1-3(7)4-10-5(8)12-6(9-2)11-4/h3H,1-2H3,(H,9,10,11,12). The Kier molecular flexibility index (Phi) is 3.05. The molecule has 0 bridgehead atoms. The van der Waals surface area contributed by atoms with Gasteiger partial charge in [-0.15, -0.1) is 11.6 Å². The minimum atomic E-state index is -0.266. The maximum atomic E-state index is 5.76. The van der Waals surface area contributed by atoms with Crippen LogP contribution in [-0.2, 0) is 0 Å². The first-order chi connectivity index (χ1) is 5.63. The predicted molar refractivity (Wildman–Crippen MR) is 48.7 cm³/mol. The van der Waals surface area contributed by atoms with Gasteiger partial charge in [0.1, 0.15) is 0 Å². The summed E-state index contributed by atoms with van der Waals surface area (Å²) in [6, 6.07) is 0. The zero-order valence-electron chi connectivity index (χ0n) is 6.67. The fourth-order valence-electron chi connectivity index (χ4n) is 0.655. The van der Waals surface area contributed by atoms with Gasteiger partial charge in [-0.1, -0.05) is 0 Å². The number of aromatic nitrogens is 3. The molecule has 0 aliphatic heterocycles. The lowest BCUT2D eigenvalue weighted by Gasteiger charge is -2.03. The second-order valence-electron chi connectivity index (χ2n) is 2.15. The summed E-state index contributed by atoms with van der Waals surface area (Å²) in [7, 11) is 1.70. The van der Waals surface area contributed by atoms with E-state index in [-0.39, 0.29) is 10.7 Å². The summed E-state index contributed by atoms with van der Waals surface area (Å²) in [6.07, 6.45) is 0. The Hall–Kier alpha value is -0.610. The number of anilines is 1. The summed E-state index contributed by atoms with van der Waals surface area (Å²) >= 11 is 11.4. The molecule has 0 spiro atoms. The second-order valence-corrected chi connectivity index (χ2v) is 3.14. The van der Waals surface area contributed by atoms with Gasteiger partial charge < -0.3 is 5.32 Å². The van der Waals surface area contributed by atoms with Crippen LogP contribution in [0.2, 0.25) is 5.28 Å². The molecule has 1 aromatic rings. The number of rotatable bonds is 2. The number of nitrogens with one attached hydrogen (secondary N) is 1. The summed E-state index contributed by atoms with van der Waals surface area (Å²) in [5, 5.41) is 2.64. The van der Waals surface area contributed by atoms with Gasteiger partial charge >= 0.3 is 0 Å². The maximum Gasteiger partial charge on any atom is 0.227 e. The molecule has 1 heterocycles. The normalized spacial score (nSPS) is 12.7. The molecule has 0 aromatic carbocycles. The largest absolute Gasteiger partial charge is 0.357 e. The van der Waals surface area contributed by atoms with Crippen molar-refractivity contribution in [3.8, 4) is 0 Å². The minimum Gasteiger partial charge on any atom is -0.357 e. The highest BCUT2D eigenvalue weighted by Crippen LogP contribution is 2.17. The number of halogens is 2. The molecule has 1 aromatic heterocycles. The Labute approximate surface area is 80.3 Å². The predicted octanol–water partition coefficient (Wildman–Crippen LogP) is 1.87. The van der Waals surface area contributed by atoms with Crippen molar-refractivity contribution in [2.24, 2.45) is 0 Å². The number of hydrogen-bond donors (Lipinski definition) is 1. The molecule has 1 N–H and O–H groups in total. The first-order valence-electron chi connectivity index (χ1n) is 3.36. The van der Waals surface area contributed by atoms with E-state index >= 15 is 0 Å². The third-order valence-corrected chi connectivity index (χ3v) is 1.57. The van der Waals surface area contributed by atoms with Crippen LogP contribution in [0.15, 0.2) is 0 Å². The molecule has 1 rings (SSSR count). The molecular weight excluding hydrogens is 199 g/mol. The molecule has 6 heteroatoms. The van der Waals surface area contributed by atoms with Gasteiger partial charge in [-0.3, -0.25) is 0 Å². The van der Waals surface area contributed by atoms with Crippen molar-refractivity contribution >= 4 is 29.2 Å². The van der Waals surface area contributed by atoms with Gasteiger partial charge in [0, 0.05) is 7.05 Å². The summed E-state index contributed by atoms with van der Waals surface area (Å²) in [6.45, 7) is 1.77. The summed E-state index contributed by atoms with van der Waals surface area (Å²) in [5.74, 6) is 0.901. The van der Waals surface area contributed by atoms with E-state index in [0.717, 1.165) is 0 Å². The van der Waals surface area contributed by atoms with E-state index < -0.39 is 0 Å². The van der Waals surface area contributed by atoms with Crippen LogP contribution in [0.3, 0.4) is 0 Å². The molecule has 1 atom stereocenters. The third kappa shape index (κ3) is 2.19. The van der Waals surface area contributed by atoms with E-state index in [9.17, 15) is 0 Å². The van der Waals surface area contributed by atoms with Gasteiger partial charge in [0.05, 0.1) is 5.38 Å². The number of hydrogen-bond acceptors (Lipinski definition) is 4. The van der Waals surface area contributed by atoms with E-state index in [1.54, 1.807) is 14.0 Å². The Morgan fingerprint density at radius 1 is 1.33 bits per heavy atom. The molecule has 12 heavy (non-hydrogen) atoms. The molecule has 1 unspecified atom stereocenters. The Balaban J connectivity index is 3.06. The molecule has 0 fully saturated rings. The molecule has 4 nitrogen and oxygen atoms in total. The molecule has 66 valence electrons. The first kappa shape index (κ1) is 9.48. The van der Waals surface area contributed by atoms with E-state index in [4.69, 9.17) is 23.2 Å². The van der Waals surface area contributed by atoms with Gasteiger partial charge in [0.15, 0.2) is 5.82 Å². The highest BCUT2D eigenvalue weighted by atomic mass is 35.5. The van der Waals surface area contributed by atoms with E-state index in [0.29, 0.717) is 11.8 Å². The van der Waals surface area contributed by atoms with Crippen LogP contribution < -0.4 is 5.32 Å². The van der Waals surface area contributed by atoms with Crippen LogP contribution in [0.5, 0.6) is 0 Å². The Morgan fingerprint density at radius 2 is 2.00 bits per heavy atom. The van der Waals surface area contributed by atoms with Crippen molar-refractivity contribution in [2.45, 2.75) is 12.3 Å².